The first kappa shape index (κ1) is 12.5. The SMILES string of the molecule is CN.OB(O)OC(O)(O)O. The summed E-state index contributed by atoms with van der Waals surface area (Å²) < 4.78 is 3.22. The zero-order chi connectivity index (χ0) is 8.78. The largest absolute Gasteiger partial charge is 0.639 e. The van der Waals surface area contributed by atoms with Crippen molar-refractivity contribution in [2.45, 2.75) is 6.16 Å². The predicted molar refractivity (Wildman–Crippen MR) is 30.8 cm³/mol. The molecule has 0 aliphatic rings. The maximum atomic E-state index is 7.76. The molecule has 0 aromatic heterocycles. The Labute approximate surface area is 57.5 Å². The van der Waals surface area contributed by atoms with Crippen molar-refractivity contribution in [1.82, 2.24) is 0 Å². The van der Waals surface area contributed by atoms with Gasteiger partial charge in [0.1, 0.15) is 0 Å². The van der Waals surface area contributed by atoms with Crippen molar-refractivity contribution in [2.75, 3.05) is 7.05 Å². The topological polar surface area (TPSA) is 136 Å². The first-order valence-electron chi connectivity index (χ1n) is 2.20. The van der Waals surface area contributed by atoms with E-state index in [1.807, 2.05) is 0 Å². The summed E-state index contributed by atoms with van der Waals surface area (Å²) >= 11 is 0. The third kappa shape index (κ3) is 15.7. The van der Waals surface area contributed by atoms with Crippen molar-refractivity contribution >= 4 is 7.32 Å². The fourth-order valence-corrected chi connectivity index (χ4v) is 0.141. The monoisotopic (exact) mass is 155 g/mol. The van der Waals surface area contributed by atoms with Crippen LogP contribution in [0.25, 0.3) is 0 Å². The van der Waals surface area contributed by atoms with E-state index >= 15 is 0 Å². The number of nitrogens with two attached hydrogens (primary N) is 1. The molecule has 0 fully saturated rings. The summed E-state index contributed by atoms with van der Waals surface area (Å²) in [6.07, 6.45) is -3.48. The fraction of sp³-hybridized carbons (Fsp3) is 1.00. The highest BCUT2D eigenvalue weighted by atomic mass is 16.9. The molecule has 0 spiro atoms. The molecule has 0 radical (unpaired) electrons. The van der Waals surface area contributed by atoms with Gasteiger partial charge in [-0.15, -0.1) is 0 Å². The summed E-state index contributed by atoms with van der Waals surface area (Å²) in [6.45, 7) is 0. The lowest BCUT2D eigenvalue weighted by Crippen LogP contribution is -2.38. The van der Waals surface area contributed by atoms with Crippen LogP contribution in [0.4, 0.5) is 0 Å². The fourth-order valence-electron chi connectivity index (χ4n) is 0.141. The van der Waals surface area contributed by atoms with Crippen LogP contribution in [0.15, 0.2) is 0 Å². The van der Waals surface area contributed by atoms with Gasteiger partial charge in [-0.1, -0.05) is 0 Å². The minimum absolute atomic E-state index is 1.50. The van der Waals surface area contributed by atoms with Crippen molar-refractivity contribution in [3.63, 3.8) is 0 Å². The second-order valence-electron chi connectivity index (χ2n) is 1.02. The molecule has 0 aromatic carbocycles. The van der Waals surface area contributed by atoms with Crippen LogP contribution in [0, 0.1) is 0 Å². The average molecular weight is 155 g/mol. The quantitative estimate of drug-likeness (QED) is 0.177. The highest BCUT2D eigenvalue weighted by molar-refractivity contribution is 6.32. The normalized spacial score (nSPS) is 9.90. The standard InChI is InChI=1S/CH5BO6.CH5N/c3-1(4,5)8-2(6)7;1-2/h3-7H;2H2,1H3. The van der Waals surface area contributed by atoms with E-state index in [0.717, 1.165) is 0 Å². The second kappa shape index (κ2) is 5.56. The highest BCUT2D eigenvalue weighted by Gasteiger charge is 2.26. The molecular weight excluding hydrogens is 145 g/mol. The van der Waals surface area contributed by atoms with Gasteiger partial charge in [0.2, 0.25) is 0 Å². The predicted octanol–water partition coefficient (Wildman–Crippen LogP) is -3.86. The molecule has 0 amide bonds. The average Bonchev–Trinajstić information content (AvgIpc) is 1.64. The maximum absolute atomic E-state index is 7.76. The molecule has 10 heavy (non-hydrogen) atoms. The molecule has 62 valence electrons. The van der Waals surface area contributed by atoms with E-state index in [9.17, 15) is 0 Å². The smallest absolute Gasteiger partial charge is 0.402 e. The summed E-state index contributed by atoms with van der Waals surface area (Å²) in [5.41, 5.74) is 4.50. The van der Waals surface area contributed by atoms with Gasteiger partial charge in [0, 0.05) is 0 Å². The van der Waals surface area contributed by atoms with Crippen molar-refractivity contribution < 1.29 is 30.0 Å². The first-order chi connectivity index (χ1) is 4.42. The van der Waals surface area contributed by atoms with Gasteiger partial charge in [-0.3, -0.25) is 0 Å². The van der Waals surface area contributed by atoms with Crippen molar-refractivity contribution in [1.29, 1.82) is 0 Å². The molecule has 0 unspecified atom stereocenters. The van der Waals surface area contributed by atoms with Gasteiger partial charge in [0.25, 0.3) is 0 Å². The molecule has 0 saturated heterocycles. The number of hydrogen-bond acceptors (Lipinski definition) is 7. The Balaban J connectivity index is 0. The van der Waals surface area contributed by atoms with Crippen LogP contribution in [0.3, 0.4) is 0 Å². The third-order valence-corrected chi connectivity index (χ3v) is 0.264. The first-order valence-corrected chi connectivity index (χ1v) is 2.20. The Bertz CT molecular complexity index is 70.6. The van der Waals surface area contributed by atoms with Crippen LogP contribution in [-0.2, 0) is 4.65 Å². The van der Waals surface area contributed by atoms with E-state index in [0.29, 0.717) is 0 Å². The number of hydrogen-bond donors (Lipinski definition) is 6. The third-order valence-electron chi connectivity index (χ3n) is 0.264. The Morgan fingerprint density at radius 2 is 1.50 bits per heavy atom. The van der Waals surface area contributed by atoms with Crippen LogP contribution in [0.1, 0.15) is 0 Å². The van der Waals surface area contributed by atoms with E-state index in [4.69, 9.17) is 25.4 Å². The minimum atomic E-state index is -3.48. The lowest BCUT2D eigenvalue weighted by Gasteiger charge is -2.12. The van der Waals surface area contributed by atoms with Crippen molar-refractivity contribution in [3.8, 4) is 0 Å². The van der Waals surface area contributed by atoms with Gasteiger partial charge in [-0.25, -0.2) is 0 Å². The lowest BCUT2D eigenvalue weighted by atomic mass is 10.3. The Hall–Kier alpha value is -0.215. The molecule has 0 saturated carbocycles. The number of rotatable bonds is 2. The molecule has 0 aliphatic carbocycles. The van der Waals surface area contributed by atoms with Crippen LogP contribution in [0.5, 0.6) is 0 Å². The molecular formula is C2H10BNO6. The van der Waals surface area contributed by atoms with Crippen molar-refractivity contribution in [2.24, 2.45) is 5.73 Å². The molecule has 0 aromatic rings. The van der Waals surface area contributed by atoms with Gasteiger partial charge in [0.15, 0.2) is 0 Å². The molecule has 0 heterocycles. The Morgan fingerprint density at radius 3 is 1.50 bits per heavy atom. The summed E-state index contributed by atoms with van der Waals surface area (Å²) in [4.78, 5) is 0. The summed E-state index contributed by atoms with van der Waals surface area (Å²) in [7, 11) is -0.907. The van der Waals surface area contributed by atoms with Crippen LogP contribution < -0.4 is 5.73 Å². The van der Waals surface area contributed by atoms with E-state index in [1.165, 1.54) is 7.05 Å². The number of aliphatic hydroxyl groups is 3. The molecule has 7 nitrogen and oxygen atoms in total. The Morgan fingerprint density at radius 1 is 1.20 bits per heavy atom. The Kier molecular flexibility index (Phi) is 6.93. The minimum Gasteiger partial charge on any atom is -0.402 e. The molecule has 0 bridgehead atoms. The van der Waals surface area contributed by atoms with E-state index in [-0.39, 0.29) is 0 Å². The van der Waals surface area contributed by atoms with Crippen molar-refractivity contribution in [3.05, 3.63) is 0 Å². The van der Waals surface area contributed by atoms with Crippen LogP contribution in [0.2, 0.25) is 0 Å². The van der Waals surface area contributed by atoms with Gasteiger partial charge in [-0.2, -0.15) is 0 Å². The van der Waals surface area contributed by atoms with E-state index in [2.05, 4.69) is 10.4 Å². The lowest BCUT2D eigenvalue weighted by molar-refractivity contribution is -0.428. The molecule has 0 aliphatic heterocycles. The summed E-state index contributed by atoms with van der Waals surface area (Å²) in [5.74, 6) is 0. The summed E-state index contributed by atoms with van der Waals surface area (Å²) in [5, 5.41) is 38.8. The van der Waals surface area contributed by atoms with Crippen LogP contribution >= 0.6 is 0 Å². The van der Waals surface area contributed by atoms with Gasteiger partial charge < -0.3 is 35.8 Å². The van der Waals surface area contributed by atoms with E-state index < -0.39 is 13.5 Å². The second-order valence-corrected chi connectivity index (χ2v) is 1.02. The van der Waals surface area contributed by atoms with Crippen LogP contribution in [-0.4, -0.2) is 45.9 Å². The maximum Gasteiger partial charge on any atom is 0.639 e. The van der Waals surface area contributed by atoms with Gasteiger partial charge >= 0.3 is 13.5 Å². The molecule has 0 atom stereocenters. The summed E-state index contributed by atoms with van der Waals surface area (Å²) in [6, 6.07) is 0. The van der Waals surface area contributed by atoms with E-state index in [1.54, 1.807) is 0 Å². The zero-order valence-electron chi connectivity index (χ0n) is 5.30. The molecule has 7 N–H and O–H groups in total. The van der Waals surface area contributed by atoms with Gasteiger partial charge in [0.05, 0.1) is 0 Å². The highest BCUT2D eigenvalue weighted by Crippen LogP contribution is 1.93. The zero-order valence-corrected chi connectivity index (χ0v) is 5.30. The molecule has 0 rings (SSSR count). The van der Waals surface area contributed by atoms with Gasteiger partial charge in [-0.05, 0) is 7.05 Å². The molecule has 8 heteroatoms.